The smallest absolute Gasteiger partial charge is 0.394 e. The normalized spacial score (nSPS) is 18.6. The van der Waals surface area contributed by atoms with Gasteiger partial charge >= 0.3 is 6.18 Å². The van der Waals surface area contributed by atoms with Crippen LogP contribution in [0.2, 0.25) is 0 Å². The van der Waals surface area contributed by atoms with Crippen LogP contribution in [-0.2, 0) is 4.57 Å². The maximum Gasteiger partial charge on any atom is 0.394 e. The highest BCUT2D eigenvalue weighted by molar-refractivity contribution is 7.59. The summed E-state index contributed by atoms with van der Waals surface area (Å²) in [7, 11) is -4.37. The first-order valence-electron chi connectivity index (χ1n) is 2.77. The SMILES string of the molecule is CC=CP(=O)([O-])CC(F)(F)F. The fourth-order valence-corrected chi connectivity index (χ4v) is 1.59. The van der Waals surface area contributed by atoms with Crippen molar-refractivity contribution >= 4 is 7.37 Å². The van der Waals surface area contributed by atoms with Crippen LogP contribution >= 0.6 is 7.37 Å². The zero-order chi connectivity index (χ0) is 9.12. The van der Waals surface area contributed by atoms with Gasteiger partial charge in [-0.1, -0.05) is 6.08 Å². The number of halogens is 3. The lowest BCUT2D eigenvalue weighted by atomic mass is 10.8. The number of alkyl halides is 3. The highest BCUT2D eigenvalue weighted by atomic mass is 31.2. The minimum atomic E-state index is -4.64. The van der Waals surface area contributed by atoms with Crippen LogP contribution in [-0.4, -0.2) is 12.3 Å². The molecule has 0 N–H and O–H groups in total. The van der Waals surface area contributed by atoms with E-state index in [1.54, 1.807) is 0 Å². The van der Waals surface area contributed by atoms with Gasteiger partial charge in [0.25, 0.3) is 0 Å². The van der Waals surface area contributed by atoms with E-state index in [9.17, 15) is 22.6 Å². The summed E-state index contributed by atoms with van der Waals surface area (Å²) in [5.74, 6) is 0.570. The van der Waals surface area contributed by atoms with Crippen molar-refractivity contribution in [2.24, 2.45) is 0 Å². The molecule has 0 aromatic carbocycles. The van der Waals surface area contributed by atoms with E-state index in [1.165, 1.54) is 6.92 Å². The summed E-state index contributed by atoms with van der Waals surface area (Å²) in [5, 5.41) is 0. The zero-order valence-electron chi connectivity index (χ0n) is 5.76. The first-order valence-corrected chi connectivity index (χ1v) is 4.65. The molecule has 0 saturated heterocycles. The molecule has 1 atom stereocenters. The third-order valence-corrected chi connectivity index (χ3v) is 2.33. The monoisotopic (exact) mass is 187 g/mol. The second-order valence-electron chi connectivity index (χ2n) is 1.98. The fraction of sp³-hybridized carbons (Fsp3) is 0.600. The van der Waals surface area contributed by atoms with Crippen LogP contribution in [0.25, 0.3) is 0 Å². The second kappa shape index (κ2) is 3.41. The Morgan fingerprint density at radius 1 is 1.55 bits per heavy atom. The van der Waals surface area contributed by atoms with Gasteiger partial charge in [-0.2, -0.15) is 13.2 Å². The van der Waals surface area contributed by atoms with Crippen molar-refractivity contribution in [2.75, 3.05) is 6.16 Å². The second-order valence-corrected chi connectivity index (χ2v) is 4.05. The predicted molar refractivity (Wildman–Crippen MR) is 33.3 cm³/mol. The Balaban J connectivity index is 4.26. The average molecular weight is 187 g/mol. The number of allylic oxidation sites excluding steroid dienone is 1. The number of hydrogen-bond acceptors (Lipinski definition) is 2. The van der Waals surface area contributed by atoms with Crippen molar-refractivity contribution in [2.45, 2.75) is 13.1 Å². The van der Waals surface area contributed by atoms with E-state index < -0.39 is 19.7 Å². The van der Waals surface area contributed by atoms with Crippen LogP contribution in [0.1, 0.15) is 6.92 Å². The zero-order valence-corrected chi connectivity index (χ0v) is 6.65. The quantitative estimate of drug-likeness (QED) is 0.617. The van der Waals surface area contributed by atoms with Crippen molar-refractivity contribution in [3.63, 3.8) is 0 Å². The van der Waals surface area contributed by atoms with Gasteiger partial charge < -0.3 is 9.46 Å². The fourth-order valence-electron chi connectivity index (χ4n) is 0.530. The van der Waals surface area contributed by atoms with Gasteiger partial charge in [0, 0.05) is 7.37 Å². The molecule has 0 fully saturated rings. The van der Waals surface area contributed by atoms with Crippen LogP contribution in [0.4, 0.5) is 13.2 Å². The van der Waals surface area contributed by atoms with Crippen LogP contribution in [0.15, 0.2) is 11.9 Å². The number of rotatable bonds is 2. The topological polar surface area (TPSA) is 40.1 Å². The molecular formula is C5H7F3O2P-. The Morgan fingerprint density at radius 2 is 2.00 bits per heavy atom. The van der Waals surface area contributed by atoms with Gasteiger partial charge in [0.15, 0.2) is 0 Å². The van der Waals surface area contributed by atoms with Crippen LogP contribution < -0.4 is 4.89 Å². The molecule has 2 nitrogen and oxygen atoms in total. The van der Waals surface area contributed by atoms with Gasteiger partial charge in [-0.3, -0.25) is 0 Å². The Kier molecular flexibility index (Phi) is 3.32. The molecule has 6 heteroatoms. The molecule has 0 spiro atoms. The molecule has 11 heavy (non-hydrogen) atoms. The molecule has 0 aliphatic carbocycles. The third kappa shape index (κ3) is 6.13. The summed E-state index contributed by atoms with van der Waals surface area (Å²) in [4.78, 5) is 10.5. The molecule has 66 valence electrons. The van der Waals surface area contributed by atoms with E-state index >= 15 is 0 Å². The maximum absolute atomic E-state index is 11.5. The lowest BCUT2D eigenvalue weighted by Crippen LogP contribution is -2.18. The van der Waals surface area contributed by atoms with Crippen molar-refractivity contribution < 1.29 is 22.6 Å². The third-order valence-electron chi connectivity index (χ3n) is 0.776. The summed E-state index contributed by atoms with van der Waals surface area (Å²) < 4.78 is 44.9. The predicted octanol–water partition coefficient (Wildman–Crippen LogP) is 1.72. The van der Waals surface area contributed by atoms with Crippen molar-refractivity contribution in [1.29, 1.82) is 0 Å². The largest absolute Gasteiger partial charge is 0.796 e. The first-order chi connectivity index (χ1) is 4.77. The molecule has 1 unspecified atom stereocenters. The molecule has 0 aliphatic heterocycles. The molecule has 0 bridgehead atoms. The molecule has 0 saturated carbocycles. The maximum atomic E-state index is 11.5. The van der Waals surface area contributed by atoms with Gasteiger partial charge in [-0.15, -0.1) is 0 Å². The number of hydrogen-bond donors (Lipinski definition) is 0. The molecule has 0 amide bonds. The lowest BCUT2D eigenvalue weighted by Gasteiger charge is -2.20. The summed E-state index contributed by atoms with van der Waals surface area (Å²) in [5.41, 5.74) is 0. The molecule has 0 aromatic heterocycles. The van der Waals surface area contributed by atoms with E-state index in [0.29, 0.717) is 5.82 Å². The van der Waals surface area contributed by atoms with E-state index in [0.717, 1.165) is 6.08 Å². The molecule has 0 radical (unpaired) electrons. The Bertz CT molecular complexity index is 196. The van der Waals surface area contributed by atoms with Crippen molar-refractivity contribution in [1.82, 2.24) is 0 Å². The van der Waals surface area contributed by atoms with E-state index in [4.69, 9.17) is 0 Å². The van der Waals surface area contributed by atoms with Gasteiger partial charge in [-0.25, -0.2) is 0 Å². The molecule has 0 aromatic rings. The minimum absolute atomic E-state index is 0.570. The van der Waals surface area contributed by atoms with Gasteiger partial charge in [0.1, 0.15) is 0 Å². The van der Waals surface area contributed by atoms with Crippen LogP contribution in [0.3, 0.4) is 0 Å². The highest BCUT2D eigenvalue weighted by Crippen LogP contribution is 2.42. The van der Waals surface area contributed by atoms with Gasteiger partial charge in [0.05, 0.1) is 6.16 Å². The summed E-state index contributed by atoms with van der Waals surface area (Å²) in [6, 6.07) is 0. The Hall–Kier alpha value is -0.280. The van der Waals surface area contributed by atoms with E-state index in [1.807, 2.05) is 0 Å². The standard InChI is InChI=1S/C5H8F3O2P/c1-2-3-11(9,10)4-5(6,7)8/h2-3H,4H2,1H3,(H,9,10)/p-1. The van der Waals surface area contributed by atoms with E-state index in [2.05, 4.69) is 0 Å². The summed E-state index contributed by atoms with van der Waals surface area (Å²) in [6.07, 6.45) is -5.33. The minimum Gasteiger partial charge on any atom is -0.796 e. The van der Waals surface area contributed by atoms with E-state index in [-0.39, 0.29) is 0 Å². The van der Waals surface area contributed by atoms with Gasteiger partial charge in [0.2, 0.25) is 0 Å². The molecule has 0 heterocycles. The Morgan fingerprint density at radius 3 is 2.27 bits per heavy atom. The summed E-state index contributed by atoms with van der Waals surface area (Å²) >= 11 is 0. The van der Waals surface area contributed by atoms with Crippen LogP contribution in [0.5, 0.6) is 0 Å². The summed E-state index contributed by atoms with van der Waals surface area (Å²) in [6.45, 7) is 1.35. The molecule has 0 rings (SSSR count). The molecule has 0 aliphatic rings. The van der Waals surface area contributed by atoms with Crippen molar-refractivity contribution in [3.8, 4) is 0 Å². The average Bonchev–Trinajstić information content (AvgIpc) is 1.55. The highest BCUT2D eigenvalue weighted by Gasteiger charge is 2.31. The Labute approximate surface area is 62.2 Å². The lowest BCUT2D eigenvalue weighted by molar-refractivity contribution is -0.182. The van der Waals surface area contributed by atoms with Gasteiger partial charge in [-0.05, 0) is 12.7 Å². The first kappa shape index (κ1) is 10.7. The molecular weight excluding hydrogens is 180 g/mol. The van der Waals surface area contributed by atoms with Crippen molar-refractivity contribution in [3.05, 3.63) is 11.9 Å². The van der Waals surface area contributed by atoms with Crippen LogP contribution in [0, 0.1) is 0 Å².